The van der Waals surface area contributed by atoms with Crippen molar-refractivity contribution in [3.63, 3.8) is 0 Å². The number of amides is 1. The summed E-state index contributed by atoms with van der Waals surface area (Å²) >= 11 is 0. The molecule has 0 aromatic heterocycles. The number of benzene rings is 2. The molecule has 4 nitrogen and oxygen atoms in total. The topological polar surface area (TPSA) is 57.6 Å². The van der Waals surface area contributed by atoms with Gasteiger partial charge in [-0.2, -0.15) is 0 Å². The van der Waals surface area contributed by atoms with Crippen LogP contribution in [0.4, 0.5) is 4.39 Å². The molecule has 1 fully saturated rings. The van der Waals surface area contributed by atoms with Gasteiger partial charge in [0.05, 0.1) is 5.92 Å². The minimum absolute atomic E-state index is 0.134. The van der Waals surface area contributed by atoms with Crippen LogP contribution in [0.25, 0.3) is 0 Å². The van der Waals surface area contributed by atoms with Gasteiger partial charge in [-0.15, -0.1) is 0 Å². The molecule has 1 aliphatic rings. The third kappa shape index (κ3) is 3.77. The summed E-state index contributed by atoms with van der Waals surface area (Å²) in [6, 6.07) is 15.9. The second-order valence-electron chi connectivity index (χ2n) is 6.89. The lowest BCUT2D eigenvalue weighted by Crippen LogP contribution is -2.30. The van der Waals surface area contributed by atoms with Gasteiger partial charge in [0.2, 0.25) is 5.91 Å². The molecular weight excluding hydrogens is 333 g/mol. The van der Waals surface area contributed by atoms with Crippen molar-refractivity contribution in [2.45, 2.75) is 25.2 Å². The van der Waals surface area contributed by atoms with Crippen LogP contribution < -0.4 is 0 Å². The molecule has 0 aliphatic carbocycles. The molecule has 3 rings (SSSR count). The maximum atomic E-state index is 13.9. The van der Waals surface area contributed by atoms with E-state index in [9.17, 15) is 19.1 Å². The third-order valence-corrected chi connectivity index (χ3v) is 5.13. The predicted octanol–water partition coefficient (Wildman–Crippen LogP) is 3.65. The molecule has 0 radical (unpaired) electrons. The van der Waals surface area contributed by atoms with E-state index < -0.39 is 11.9 Å². The average Bonchev–Trinajstić information content (AvgIpc) is 3.08. The molecule has 0 saturated carbocycles. The van der Waals surface area contributed by atoms with Gasteiger partial charge >= 0.3 is 5.97 Å². The Bertz CT molecular complexity index is 793. The summed E-state index contributed by atoms with van der Waals surface area (Å²) in [6.07, 6.45) is 0.161. The van der Waals surface area contributed by atoms with Gasteiger partial charge in [0.15, 0.2) is 0 Å². The van der Waals surface area contributed by atoms with Crippen molar-refractivity contribution in [3.05, 3.63) is 71.5 Å². The first-order valence-electron chi connectivity index (χ1n) is 8.77. The summed E-state index contributed by atoms with van der Waals surface area (Å²) in [7, 11) is 0. The molecule has 1 unspecified atom stereocenters. The van der Waals surface area contributed by atoms with E-state index >= 15 is 0 Å². The molecule has 1 amide bonds. The molecule has 1 aliphatic heterocycles. The Labute approximate surface area is 152 Å². The fourth-order valence-corrected chi connectivity index (χ4v) is 3.67. The van der Waals surface area contributed by atoms with Crippen molar-refractivity contribution in [2.75, 3.05) is 13.1 Å². The zero-order chi connectivity index (χ0) is 18.7. The van der Waals surface area contributed by atoms with E-state index in [2.05, 4.69) is 0 Å². The zero-order valence-corrected chi connectivity index (χ0v) is 14.6. The Morgan fingerprint density at radius 2 is 1.77 bits per heavy atom. The standard InChI is InChI=1S/C21H22FNO3/c1-14(16-9-5-6-10-19(16)22)11-20(24)23-12-17(18(13-23)21(25)26)15-7-3-2-4-8-15/h2-10,14,17-18H,11-13H2,1H3,(H,25,26)/t14?,17-,18-/m0/s1. The number of nitrogens with zero attached hydrogens (tertiary/aromatic N) is 1. The van der Waals surface area contributed by atoms with Crippen LogP contribution in [0.2, 0.25) is 0 Å². The minimum atomic E-state index is -0.892. The van der Waals surface area contributed by atoms with Crippen molar-refractivity contribution >= 4 is 11.9 Å². The lowest BCUT2D eigenvalue weighted by atomic mass is 9.89. The summed E-state index contributed by atoms with van der Waals surface area (Å²) in [5, 5.41) is 9.55. The van der Waals surface area contributed by atoms with E-state index in [4.69, 9.17) is 0 Å². The molecular formula is C21H22FNO3. The first-order chi connectivity index (χ1) is 12.5. The third-order valence-electron chi connectivity index (χ3n) is 5.13. The second kappa shape index (κ2) is 7.68. The van der Waals surface area contributed by atoms with Gasteiger partial charge in [-0.05, 0) is 23.1 Å². The number of carboxylic acid groups (broad SMARTS) is 1. The van der Waals surface area contributed by atoms with Crippen molar-refractivity contribution in [1.82, 2.24) is 4.90 Å². The molecule has 2 aromatic carbocycles. The maximum Gasteiger partial charge on any atom is 0.308 e. The maximum absolute atomic E-state index is 13.9. The largest absolute Gasteiger partial charge is 0.481 e. The molecule has 0 bridgehead atoms. The lowest BCUT2D eigenvalue weighted by Gasteiger charge is -2.19. The SMILES string of the molecule is CC(CC(=O)N1C[C@H](C(=O)O)[C@H](c2ccccc2)C1)c1ccccc1F. The van der Waals surface area contributed by atoms with E-state index in [1.807, 2.05) is 37.3 Å². The number of carbonyl (C=O) groups excluding carboxylic acids is 1. The molecule has 136 valence electrons. The zero-order valence-electron chi connectivity index (χ0n) is 14.6. The summed E-state index contributed by atoms with van der Waals surface area (Å²) in [4.78, 5) is 26.0. The normalized spacial score (nSPS) is 20.8. The summed E-state index contributed by atoms with van der Waals surface area (Å²) in [5.74, 6) is -2.45. The summed E-state index contributed by atoms with van der Waals surface area (Å²) in [5.41, 5.74) is 1.44. The molecule has 26 heavy (non-hydrogen) atoms. The Morgan fingerprint density at radius 1 is 1.12 bits per heavy atom. The van der Waals surface area contributed by atoms with E-state index in [-0.39, 0.29) is 36.5 Å². The number of likely N-dealkylation sites (tertiary alicyclic amines) is 1. The molecule has 3 atom stereocenters. The van der Waals surface area contributed by atoms with Gasteiger partial charge in [0.1, 0.15) is 5.82 Å². The quantitative estimate of drug-likeness (QED) is 0.891. The minimum Gasteiger partial charge on any atom is -0.481 e. The number of rotatable bonds is 5. The number of carboxylic acids is 1. The Morgan fingerprint density at radius 3 is 2.42 bits per heavy atom. The van der Waals surface area contributed by atoms with Crippen LogP contribution >= 0.6 is 0 Å². The monoisotopic (exact) mass is 355 g/mol. The fourth-order valence-electron chi connectivity index (χ4n) is 3.67. The number of aliphatic carboxylic acids is 1. The van der Waals surface area contributed by atoms with E-state index in [1.54, 1.807) is 23.1 Å². The number of carbonyl (C=O) groups is 2. The highest BCUT2D eigenvalue weighted by Crippen LogP contribution is 2.34. The van der Waals surface area contributed by atoms with Gasteiger partial charge in [-0.25, -0.2) is 4.39 Å². The highest BCUT2D eigenvalue weighted by Gasteiger charge is 2.40. The van der Waals surface area contributed by atoms with Crippen molar-refractivity contribution in [2.24, 2.45) is 5.92 Å². The highest BCUT2D eigenvalue weighted by atomic mass is 19.1. The molecule has 0 spiro atoms. The number of halogens is 1. The highest BCUT2D eigenvalue weighted by molar-refractivity contribution is 5.80. The Balaban J connectivity index is 1.72. The van der Waals surface area contributed by atoms with Gasteiger partial charge < -0.3 is 10.0 Å². The van der Waals surface area contributed by atoms with Crippen molar-refractivity contribution < 1.29 is 19.1 Å². The predicted molar refractivity (Wildman–Crippen MR) is 96.3 cm³/mol. The van der Waals surface area contributed by atoms with Gasteiger partial charge in [-0.1, -0.05) is 55.5 Å². The summed E-state index contributed by atoms with van der Waals surface area (Å²) < 4.78 is 13.9. The molecule has 2 aromatic rings. The first-order valence-corrected chi connectivity index (χ1v) is 8.77. The van der Waals surface area contributed by atoms with Crippen LogP contribution in [0.5, 0.6) is 0 Å². The van der Waals surface area contributed by atoms with Crippen LogP contribution in [0.15, 0.2) is 54.6 Å². The summed E-state index contributed by atoms with van der Waals surface area (Å²) in [6.45, 7) is 2.39. The number of hydrogen-bond acceptors (Lipinski definition) is 2. The van der Waals surface area contributed by atoms with Gasteiger partial charge in [-0.3, -0.25) is 9.59 Å². The van der Waals surface area contributed by atoms with Crippen LogP contribution in [0.1, 0.15) is 36.3 Å². The van der Waals surface area contributed by atoms with Crippen molar-refractivity contribution in [3.8, 4) is 0 Å². The number of hydrogen-bond donors (Lipinski definition) is 1. The van der Waals surface area contributed by atoms with E-state index in [0.717, 1.165) is 5.56 Å². The molecule has 1 saturated heterocycles. The van der Waals surface area contributed by atoms with Crippen molar-refractivity contribution in [1.29, 1.82) is 0 Å². The van der Waals surface area contributed by atoms with Crippen LogP contribution in [-0.2, 0) is 9.59 Å². The van der Waals surface area contributed by atoms with E-state index in [0.29, 0.717) is 12.1 Å². The van der Waals surface area contributed by atoms with Gasteiger partial charge in [0.25, 0.3) is 0 Å². The second-order valence-corrected chi connectivity index (χ2v) is 6.89. The lowest BCUT2D eigenvalue weighted by molar-refractivity contribution is -0.141. The van der Waals surface area contributed by atoms with Crippen LogP contribution in [0.3, 0.4) is 0 Å². The first kappa shape index (κ1) is 18.1. The average molecular weight is 355 g/mol. The smallest absolute Gasteiger partial charge is 0.308 e. The van der Waals surface area contributed by atoms with Crippen LogP contribution in [0, 0.1) is 11.7 Å². The Hall–Kier alpha value is -2.69. The van der Waals surface area contributed by atoms with Gasteiger partial charge in [0, 0.05) is 25.4 Å². The Kier molecular flexibility index (Phi) is 5.35. The molecule has 1 N–H and O–H groups in total. The molecule has 5 heteroatoms. The van der Waals surface area contributed by atoms with Crippen LogP contribution in [-0.4, -0.2) is 35.0 Å². The molecule has 1 heterocycles. The van der Waals surface area contributed by atoms with E-state index in [1.165, 1.54) is 6.07 Å². The fraction of sp³-hybridized carbons (Fsp3) is 0.333.